The summed E-state index contributed by atoms with van der Waals surface area (Å²) in [6.45, 7) is 2.30. The van der Waals surface area contributed by atoms with Gasteiger partial charge in [-0.2, -0.15) is 0 Å². The molecular formula is C20H18ClFN4O4. The number of benzene rings is 2. The van der Waals surface area contributed by atoms with E-state index >= 15 is 0 Å². The molecule has 1 heterocycles. The number of nitrogens with one attached hydrogen (secondary N) is 3. The second kappa shape index (κ2) is 8.11. The number of carbonyl (C=O) groups excluding carboxylic acids is 4. The monoisotopic (exact) mass is 432 g/mol. The van der Waals surface area contributed by atoms with Crippen molar-refractivity contribution < 1.29 is 23.6 Å². The molecular weight excluding hydrogens is 415 g/mol. The van der Waals surface area contributed by atoms with Crippen molar-refractivity contribution in [3.63, 3.8) is 0 Å². The number of carbonyl (C=O) groups is 4. The molecule has 0 spiro atoms. The molecule has 1 fully saturated rings. The maximum atomic E-state index is 13.2. The molecule has 0 saturated carbocycles. The lowest BCUT2D eigenvalue weighted by Gasteiger charge is -2.22. The van der Waals surface area contributed by atoms with Crippen molar-refractivity contribution in [1.29, 1.82) is 0 Å². The second-order valence-corrected chi connectivity index (χ2v) is 7.28. The molecule has 1 atom stereocenters. The fourth-order valence-corrected chi connectivity index (χ4v) is 3.28. The number of amides is 5. The first-order valence-corrected chi connectivity index (χ1v) is 9.25. The van der Waals surface area contributed by atoms with Crippen molar-refractivity contribution in [2.24, 2.45) is 0 Å². The summed E-state index contributed by atoms with van der Waals surface area (Å²) in [5.74, 6) is -2.02. The van der Waals surface area contributed by atoms with E-state index in [0.717, 1.165) is 4.90 Å². The second-order valence-electron chi connectivity index (χ2n) is 6.88. The normalized spacial score (nSPS) is 18.2. The average Bonchev–Trinajstić information content (AvgIpc) is 2.88. The first-order chi connectivity index (χ1) is 14.1. The molecule has 2 aromatic carbocycles. The van der Waals surface area contributed by atoms with E-state index in [2.05, 4.69) is 16.0 Å². The highest BCUT2D eigenvalue weighted by Gasteiger charge is 2.49. The van der Waals surface area contributed by atoms with Crippen molar-refractivity contribution in [1.82, 2.24) is 10.2 Å². The van der Waals surface area contributed by atoms with Gasteiger partial charge in [-0.1, -0.05) is 23.7 Å². The van der Waals surface area contributed by atoms with E-state index in [0.29, 0.717) is 16.9 Å². The van der Waals surface area contributed by atoms with E-state index < -0.39 is 35.7 Å². The van der Waals surface area contributed by atoms with Crippen LogP contribution in [0.5, 0.6) is 0 Å². The third-order valence-corrected chi connectivity index (χ3v) is 4.87. The standard InChI is InChI=1S/C20H18ClFN4O4/c1-11(27)23-16-8-7-14(9-15(16)21)24-17(28)10-26-18(29)20(2,25-19(26)30)12-3-5-13(22)6-4-12/h3-9H,10H2,1-2H3,(H,23,27)(H,24,28)(H,25,30). The number of anilines is 2. The van der Waals surface area contributed by atoms with Gasteiger partial charge in [0, 0.05) is 12.6 Å². The minimum Gasteiger partial charge on any atom is -0.325 e. The molecule has 156 valence electrons. The number of imide groups is 1. The molecule has 1 saturated heterocycles. The van der Waals surface area contributed by atoms with E-state index in [1.807, 2.05) is 0 Å². The van der Waals surface area contributed by atoms with Gasteiger partial charge in [0.15, 0.2) is 0 Å². The molecule has 1 aliphatic heterocycles. The van der Waals surface area contributed by atoms with Gasteiger partial charge >= 0.3 is 6.03 Å². The van der Waals surface area contributed by atoms with Gasteiger partial charge in [0.2, 0.25) is 11.8 Å². The average molecular weight is 433 g/mol. The van der Waals surface area contributed by atoms with Crippen LogP contribution in [0.1, 0.15) is 19.4 Å². The van der Waals surface area contributed by atoms with Crippen molar-refractivity contribution in [3.05, 3.63) is 58.9 Å². The van der Waals surface area contributed by atoms with E-state index in [9.17, 15) is 23.6 Å². The maximum Gasteiger partial charge on any atom is 0.325 e. The van der Waals surface area contributed by atoms with E-state index in [-0.39, 0.29) is 10.9 Å². The van der Waals surface area contributed by atoms with Gasteiger partial charge in [-0.05, 0) is 42.8 Å². The Hall–Kier alpha value is -3.46. The zero-order chi connectivity index (χ0) is 22.1. The first kappa shape index (κ1) is 21.3. The molecule has 30 heavy (non-hydrogen) atoms. The number of hydrogen-bond donors (Lipinski definition) is 3. The summed E-state index contributed by atoms with van der Waals surface area (Å²) in [6, 6.07) is 8.89. The molecule has 3 N–H and O–H groups in total. The third-order valence-electron chi connectivity index (χ3n) is 4.56. The number of halogens is 2. The van der Waals surface area contributed by atoms with Gasteiger partial charge in [-0.15, -0.1) is 0 Å². The van der Waals surface area contributed by atoms with Crippen LogP contribution in [0.15, 0.2) is 42.5 Å². The first-order valence-electron chi connectivity index (χ1n) is 8.87. The van der Waals surface area contributed by atoms with Gasteiger partial charge in [-0.3, -0.25) is 19.3 Å². The summed E-state index contributed by atoms with van der Waals surface area (Å²) >= 11 is 6.07. The van der Waals surface area contributed by atoms with Crippen LogP contribution in [0.4, 0.5) is 20.6 Å². The Balaban J connectivity index is 1.70. The minimum absolute atomic E-state index is 0.210. The number of nitrogens with zero attached hydrogens (tertiary/aromatic N) is 1. The lowest BCUT2D eigenvalue weighted by atomic mass is 9.92. The predicted molar refractivity (Wildman–Crippen MR) is 108 cm³/mol. The highest BCUT2D eigenvalue weighted by atomic mass is 35.5. The molecule has 0 aliphatic carbocycles. The fourth-order valence-electron chi connectivity index (χ4n) is 3.05. The molecule has 0 radical (unpaired) electrons. The van der Waals surface area contributed by atoms with Crippen LogP contribution in [-0.2, 0) is 19.9 Å². The van der Waals surface area contributed by atoms with Crippen molar-refractivity contribution >= 4 is 46.7 Å². The lowest BCUT2D eigenvalue weighted by molar-refractivity contribution is -0.133. The maximum absolute atomic E-state index is 13.2. The van der Waals surface area contributed by atoms with Gasteiger partial charge in [0.1, 0.15) is 17.9 Å². The van der Waals surface area contributed by atoms with Crippen LogP contribution in [0, 0.1) is 5.82 Å². The Morgan fingerprint density at radius 3 is 2.40 bits per heavy atom. The van der Waals surface area contributed by atoms with Crippen molar-refractivity contribution in [2.75, 3.05) is 17.2 Å². The number of rotatable bonds is 5. The summed E-state index contributed by atoms with van der Waals surface area (Å²) in [5, 5.41) is 7.84. The number of urea groups is 1. The van der Waals surface area contributed by atoms with E-state index in [1.165, 1.54) is 56.3 Å². The van der Waals surface area contributed by atoms with Crippen molar-refractivity contribution in [3.8, 4) is 0 Å². The van der Waals surface area contributed by atoms with Gasteiger partial charge in [0.05, 0.1) is 10.7 Å². The molecule has 1 unspecified atom stereocenters. The van der Waals surface area contributed by atoms with E-state index in [4.69, 9.17) is 11.6 Å². The summed E-state index contributed by atoms with van der Waals surface area (Å²) in [4.78, 5) is 49.4. The zero-order valence-electron chi connectivity index (χ0n) is 16.1. The van der Waals surface area contributed by atoms with Crippen LogP contribution in [0.2, 0.25) is 5.02 Å². The SMILES string of the molecule is CC(=O)Nc1ccc(NC(=O)CN2C(=O)NC(C)(c3ccc(F)cc3)C2=O)cc1Cl. The number of hydrogen-bond acceptors (Lipinski definition) is 4. The molecule has 0 bridgehead atoms. The van der Waals surface area contributed by atoms with E-state index in [1.54, 1.807) is 0 Å². The third kappa shape index (κ3) is 4.25. The zero-order valence-corrected chi connectivity index (χ0v) is 16.8. The summed E-state index contributed by atoms with van der Waals surface area (Å²) in [7, 11) is 0. The van der Waals surface area contributed by atoms with Crippen LogP contribution in [-0.4, -0.2) is 35.2 Å². The smallest absolute Gasteiger partial charge is 0.325 e. The molecule has 8 nitrogen and oxygen atoms in total. The quantitative estimate of drug-likeness (QED) is 0.631. The Kier molecular flexibility index (Phi) is 5.75. The molecule has 5 amide bonds. The summed E-state index contributed by atoms with van der Waals surface area (Å²) in [6.07, 6.45) is 0. The highest BCUT2D eigenvalue weighted by Crippen LogP contribution is 2.29. The largest absolute Gasteiger partial charge is 0.325 e. The Morgan fingerprint density at radius 1 is 1.13 bits per heavy atom. The molecule has 0 aromatic heterocycles. The topological polar surface area (TPSA) is 108 Å². The summed E-state index contributed by atoms with van der Waals surface area (Å²) in [5.41, 5.74) is -0.307. The molecule has 3 rings (SSSR count). The Bertz CT molecular complexity index is 1040. The van der Waals surface area contributed by atoms with Crippen LogP contribution in [0.3, 0.4) is 0 Å². The van der Waals surface area contributed by atoms with Crippen molar-refractivity contribution in [2.45, 2.75) is 19.4 Å². The van der Waals surface area contributed by atoms with Crippen LogP contribution < -0.4 is 16.0 Å². The molecule has 10 heteroatoms. The van der Waals surface area contributed by atoms with Crippen LogP contribution in [0.25, 0.3) is 0 Å². The van der Waals surface area contributed by atoms with Gasteiger partial charge in [0.25, 0.3) is 5.91 Å². The molecule has 2 aromatic rings. The lowest BCUT2D eigenvalue weighted by Crippen LogP contribution is -2.42. The Labute approximate surface area is 176 Å². The predicted octanol–water partition coefficient (Wildman–Crippen LogP) is 2.84. The fraction of sp³-hybridized carbons (Fsp3) is 0.200. The minimum atomic E-state index is -1.41. The van der Waals surface area contributed by atoms with Crippen LogP contribution >= 0.6 is 11.6 Å². The van der Waals surface area contributed by atoms with Gasteiger partial charge < -0.3 is 16.0 Å². The molecule has 1 aliphatic rings. The van der Waals surface area contributed by atoms with Gasteiger partial charge in [-0.25, -0.2) is 9.18 Å². The Morgan fingerprint density at radius 2 is 1.80 bits per heavy atom. The summed E-state index contributed by atoms with van der Waals surface area (Å²) < 4.78 is 13.2. The highest BCUT2D eigenvalue weighted by molar-refractivity contribution is 6.34.